The molecule has 0 spiro atoms. The lowest BCUT2D eigenvalue weighted by Gasteiger charge is -2.21. The van der Waals surface area contributed by atoms with Crippen molar-refractivity contribution in [2.24, 2.45) is 0 Å². The van der Waals surface area contributed by atoms with Gasteiger partial charge in [-0.15, -0.1) is 0 Å². The maximum absolute atomic E-state index is 13.6. The Morgan fingerprint density at radius 3 is 2.62 bits per heavy atom. The van der Waals surface area contributed by atoms with Gasteiger partial charge in [-0.05, 0) is 36.7 Å². The molecule has 0 bridgehead atoms. The van der Waals surface area contributed by atoms with Gasteiger partial charge in [0.15, 0.2) is 0 Å². The van der Waals surface area contributed by atoms with Crippen LogP contribution in [-0.4, -0.2) is 41.4 Å². The van der Waals surface area contributed by atoms with Crippen molar-refractivity contribution in [2.75, 3.05) is 26.3 Å². The largest absolute Gasteiger partial charge is 0.395 e. The summed E-state index contributed by atoms with van der Waals surface area (Å²) < 4.78 is 13.6. The van der Waals surface area contributed by atoms with Crippen molar-refractivity contribution in [2.45, 2.75) is 32.7 Å². The highest BCUT2D eigenvalue weighted by Gasteiger charge is 2.07. The Balaban J connectivity index is 2.78. The van der Waals surface area contributed by atoms with E-state index in [9.17, 15) is 4.39 Å². The van der Waals surface area contributed by atoms with E-state index in [0.29, 0.717) is 25.1 Å². The van der Waals surface area contributed by atoms with Gasteiger partial charge in [0.2, 0.25) is 0 Å². The van der Waals surface area contributed by atoms with Crippen LogP contribution in [0.25, 0.3) is 0 Å². The molecule has 0 saturated carbocycles. The Hall–Kier alpha value is -1.41. The standard InChI is InChI=1S/C17H24FNO2/c1-2-3-7-19(8-10-21)14-16-11-15(6-4-5-9-20)12-17(18)13-16/h11-13,20-21H,2-3,5,7-10,14H2,1H3. The van der Waals surface area contributed by atoms with E-state index in [0.717, 1.165) is 24.9 Å². The van der Waals surface area contributed by atoms with Crippen LogP contribution in [-0.2, 0) is 6.54 Å². The second-order valence-corrected chi connectivity index (χ2v) is 4.98. The van der Waals surface area contributed by atoms with Gasteiger partial charge in [-0.25, -0.2) is 4.39 Å². The lowest BCUT2D eigenvalue weighted by molar-refractivity contribution is 0.188. The van der Waals surface area contributed by atoms with Gasteiger partial charge in [-0.1, -0.05) is 25.2 Å². The quantitative estimate of drug-likeness (QED) is 0.722. The van der Waals surface area contributed by atoms with Crippen molar-refractivity contribution < 1.29 is 14.6 Å². The Morgan fingerprint density at radius 1 is 1.14 bits per heavy atom. The van der Waals surface area contributed by atoms with E-state index in [2.05, 4.69) is 23.7 Å². The van der Waals surface area contributed by atoms with Gasteiger partial charge in [0, 0.05) is 25.1 Å². The molecule has 116 valence electrons. The Kier molecular flexibility index (Phi) is 8.68. The molecule has 0 aromatic heterocycles. The molecule has 21 heavy (non-hydrogen) atoms. The zero-order chi connectivity index (χ0) is 15.5. The zero-order valence-electron chi connectivity index (χ0n) is 12.6. The van der Waals surface area contributed by atoms with Gasteiger partial charge in [0.25, 0.3) is 0 Å². The van der Waals surface area contributed by atoms with Gasteiger partial charge >= 0.3 is 0 Å². The Morgan fingerprint density at radius 2 is 1.95 bits per heavy atom. The molecule has 0 atom stereocenters. The first-order valence-electron chi connectivity index (χ1n) is 7.42. The minimum Gasteiger partial charge on any atom is -0.395 e. The third-order valence-corrected chi connectivity index (χ3v) is 3.08. The first-order valence-corrected chi connectivity index (χ1v) is 7.42. The maximum Gasteiger partial charge on any atom is 0.124 e. The molecule has 4 heteroatoms. The molecule has 0 fully saturated rings. The summed E-state index contributed by atoms with van der Waals surface area (Å²) in [5, 5.41) is 17.8. The summed E-state index contributed by atoms with van der Waals surface area (Å²) in [5.74, 6) is 5.35. The monoisotopic (exact) mass is 293 g/mol. The molecule has 0 aliphatic carbocycles. The summed E-state index contributed by atoms with van der Waals surface area (Å²) >= 11 is 0. The maximum atomic E-state index is 13.6. The highest BCUT2D eigenvalue weighted by molar-refractivity contribution is 5.37. The lowest BCUT2D eigenvalue weighted by Crippen LogP contribution is -2.27. The van der Waals surface area contributed by atoms with Crippen LogP contribution < -0.4 is 0 Å². The van der Waals surface area contributed by atoms with Gasteiger partial charge in [-0.2, -0.15) is 0 Å². The van der Waals surface area contributed by atoms with Crippen molar-refractivity contribution >= 4 is 0 Å². The number of halogens is 1. The number of benzene rings is 1. The summed E-state index contributed by atoms with van der Waals surface area (Å²) in [5.41, 5.74) is 1.48. The fraction of sp³-hybridized carbons (Fsp3) is 0.529. The molecule has 0 aliphatic rings. The average molecular weight is 293 g/mol. The molecule has 0 radical (unpaired) electrons. The van der Waals surface area contributed by atoms with E-state index in [1.807, 2.05) is 6.07 Å². The molecule has 1 rings (SSSR count). The van der Waals surface area contributed by atoms with Crippen LogP contribution in [0.2, 0.25) is 0 Å². The number of aliphatic hydroxyl groups excluding tert-OH is 2. The molecule has 0 heterocycles. The molecule has 0 saturated heterocycles. The third kappa shape index (κ3) is 7.24. The molecular formula is C17H24FNO2. The van der Waals surface area contributed by atoms with E-state index >= 15 is 0 Å². The second-order valence-electron chi connectivity index (χ2n) is 4.98. The summed E-state index contributed by atoms with van der Waals surface area (Å²) in [4.78, 5) is 2.11. The van der Waals surface area contributed by atoms with E-state index in [4.69, 9.17) is 10.2 Å². The molecule has 2 N–H and O–H groups in total. The number of rotatable bonds is 8. The summed E-state index contributed by atoms with van der Waals surface area (Å²) in [6.07, 6.45) is 2.53. The highest BCUT2D eigenvalue weighted by Crippen LogP contribution is 2.12. The molecule has 3 nitrogen and oxygen atoms in total. The molecule has 1 aromatic carbocycles. The number of aliphatic hydroxyl groups is 2. The Labute approximate surface area is 126 Å². The van der Waals surface area contributed by atoms with Crippen LogP contribution in [0.1, 0.15) is 37.3 Å². The molecule has 1 aromatic rings. The van der Waals surface area contributed by atoms with Crippen molar-refractivity contribution in [3.8, 4) is 11.8 Å². The summed E-state index contributed by atoms with van der Waals surface area (Å²) in [6, 6.07) is 4.77. The Bertz CT molecular complexity index is 479. The predicted molar refractivity (Wildman–Crippen MR) is 82.3 cm³/mol. The van der Waals surface area contributed by atoms with Crippen LogP contribution >= 0.6 is 0 Å². The van der Waals surface area contributed by atoms with Crippen molar-refractivity contribution in [3.63, 3.8) is 0 Å². The van der Waals surface area contributed by atoms with E-state index in [-0.39, 0.29) is 19.0 Å². The average Bonchev–Trinajstić information content (AvgIpc) is 2.45. The van der Waals surface area contributed by atoms with Crippen LogP contribution in [0.3, 0.4) is 0 Å². The number of nitrogens with zero attached hydrogens (tertiary/aromatic N) is 1. The van der Waals surface area contributed by atoms with Crippen LogP contribution in [0.4, 0.5) is 4.39 Å². The van der Waals surface area contributed by atoms with Gasteiger partial charge in [0.1, 0.15) is 5.82 Å². The fourth-order valence-electron chi connectivity index (χ4n) is 2.09. The van der Waals surface area contributed by atoms with Crippen molar-refractivity contribution in [1.29, 1.82) is 0 Å². The number of unbranched alkanes of at least 4 members (excludes halogenated alkanes) is 1. The van der Waals surface area contributed by atoms with Crippen molar-refractivity contribution in [1.82, 2.24) is 4.90 Å². The highest BCUT2D eigenvalue weighted by atomic mass is 19.1. The van der Waals surface area contributed by atoms with E-state index < -0.39 is 0 Å². The van der Waals surface area contributed by atoms with Crippen LogP contribution in [0.5, 0.6) is 0 Å². The zero-order valence-corrected chi connectivity index (χ0v) is 12.6. The predicted octanol–water partition coefficient (Wildman–Crippen LogP) is 2.15. The van der Waals surface area contributed by atoms with Crippen LogP contribution in [0, 0.1) is 17.7 Å². The lowest BCUT2D eigenvalue weighted by atomic mass is 10.1. The van der Waals surface area contributed by atoms with E-state index in [1.165, 1.54) is 12.1 Å². The first-order chi connectivity index (χ1) is 10.2. The van der Waals surface area contributed by atoms with Crippen LogP contribution in [0.15, 0.2) is 18.2 Å². The fourth-order valence-corrected chi connectivity index (χ4v) is 2.09. The van der Waals surface area contributed by atoms with E-state index in [1.54, 1.807) is 0 Å². The molecular weight excluding hydrogens is 269 g/mol. The topological polar surface area (TPSA) is 43.7 Å². The minimum atomic E-state index is -0.305. The number of hydrogen-bond acceptors (Lipinski definition) is 3. The smallest absolute Gasteiger partial charge is 0.124 e. The van der Waals surface area contributed by atoms with Crippen molar-refractivity contribution in [3.05, 3.63) is 35.1 Å². The second kappa shape index (κ2) is 10.3. The summed E-state index contributed by atoms with van der Waals surface area (Å²) in [6.45, 7) is 4.31. The molecule has 0 unspecified atom stereocenters. The summed E-state index contributed by atoms with van der Waals surface area (Å²) in [7, 11) is 0. The van der Waals surface area contributed by atoms with Gasteiger partial charge < -0.3 is 10.2 Å². The number of hydrogen-bond donors (Lipinski definition) is 2. The first kappa shape index (κ1) is 17.6. The normalized spacial score (nSPS) is 10.5. The molecule has 0 amide bonds. The minimum absolute atomic E-state index is 0.0104. The SMILES string of the molecule is CCCCN(CCO)Cc1cc(F)cc(C#CCCO)c1. The third-order valence-electron chi connectivity index (χ3n) is 3.08. The molecule has 0 aliphatic heterocycles. The van der Waals surface area contributed by atoms with Gasteiger partial charge in [-0.3, -0.25) is 4.90 Å². The van der Waals surface area contributed by atoms with Gasteiger partial charge in [0.05, 0.1) is 13.2 Å².